The van der Waals surface area contributed by atoms with Gasteiger partial charge in [0.15, 0.2) is 0 Å². The van der Waals surface area contributed by atoms with Gasteiger partial charge in [0, 0.05) is 18.1 Å². The summed E-state index contributed by atoms with van der Waals surface area (Å²) in [6, 6.07) is 4.94. The molecule has 1 aliphatic heterocycles. The maximum atomic E-state index is 12.2. The van der Waals surface area contributed by atoms with Crippen molar-refractivity contribution >= 4 is 34.9 Å². The molecule has 1 N–H and O–H groups in total. The summed E-state index contributed by atoms with van der Waals surface area (Å²) in [7, 11) is 0. The molecule has 2 atom stereocenters. The Kier molecular flexibility index (Phi) is 4.58. The van der Waals surface area contributed by atoms with E-state index in [-0.39, 0.29) is 6.03 Å². The van der Waals surface area contributed by atoms with Crippen LogP contribution in [0.4, 0.5) is 10.5 Å². The van der Waals surface area contributed by atoms with Crippen LogP contribution in [0.3, 0.4) is 0 Å². The van der Waals surface area contributed by atoms with Crippen LogP contribution in [0.2, 0.25) is 10.0 Å². The highest BCUT2D eigenvalue weighted by molar-refractivity contribution is 6.35. The highest BCUT2D eigenvalue weighted by atomic mass is 35.5. The third-order valence-corrected chi connectivity index (χ3v) is 3.89. The van der Waals surface area contributed by atoms with Crippen molar-refractivity contribution in [2.24, 2.45) is 11.8 Å². The van der Waals surface area contributed by atoms with E-state index in [2.05, 4.69) is 19.2 Å². The molecule has 3 nitrogen and oxygen atoms in total. The molecule has 1 aromatic rings. The predicted molar refractivity (Wildman–Crippen MR) is 80.0 cm³/mol. The molecule has 104 valence electrons. The fourth-order valence-corrected chi connectivity index (χ4v) is 2.95. The number of urea groups is 1. The number of rotatable bonds is 1. The second kappa shape index (κ2) is 6.02. The lowest BCUT2D eigenvalue weighted by Crippen LogP contribution is -2.44. The summed E-state index contributed by atoms with van der Waals surface area (Å²) in [5.41, 5.74) is 0.560. The summed E-state index contributed by atoms with van der Waals surface area (Å²) in [4.78, 5) is 14.1. The van der Waals surface area contributed by atoms with Gasteiger partial charge in [-0.1, -0.05) is 37.0 Å². The van der Waals surface area contributed by atoms with Crippen LogP contribution in [-0.4, -0.2) is 24.0 Å². The number of amides is 2. The average molecular weight is 301 g/mol. The fraction of sp³-hybridized carbons (Fsp3) is 0.500. The molecule has 0 radical (unpaired) electrons. The fourth-order valence-electron chi connectivity index (χ4n) is 2.62. The molecule has 0 spiro atoms. The lowest BCUT2D eigenvalue weighted by atomic mass is 9.92. The van der Waals surface area contributed by atoms with Gasteiger partial charge < -0.3 is 10.2 Å². The van der Waals surface area contributed by atoms with Crippen molar-refractivity contribution in [2.75, 3.05) is 18.4 Å². The molecule has 1 aromatic carbocycles. The van der Waals surface area contributed by atoms with Crippen LogP contribution in [0, 0.1) is 11.8 Å². The van der Waals surface area contributed by atoms with E-state index in [0.717, 1.165) is 13.1 Å². The van der Waals surface area contributed by atoms with Gasteiger partial charge in [-0.3, -0.25) is 0 Å². The monoisotopic (exact) mass is 300 g/mol. The second-order valence-corrected chi connectivity index (χ2v) is 6.25. The number of anilines is 1. The van der Waals surface area contributed by atoms with Crippen molar-refractivity contribution in [3.8, 4) is 0 Å². The Morgan fingerprint density at radius 1 is 1.26 bits per heavy atom. The first-order valence-electron chi connectivity index (χ1n) is 6.46. The van der Waals surface area contributed by atoms with E-state index in [1.165, 1.54) is 6.42 Å². The number of nitrogens with one attached hydrogen (secondary N) is 1. The number of piperidine rings is 1. The Balaban J connectivity index is 2.06. The standard InChI is InChI=1S/C14H18Cl2N2O/c1-9-5-10(2)8-18(7-9)14(19)17-13-6-11(15)3-4-12(13)16/h3-4,6,9-10H,5,7-8H2,1-2H3,(H,17,19). The van der Waals surface area contributed by atoms with Crippen molar-refractivity contribution in [3.63, 3.8) is 0 Å². The van der Waals surface area contributed by atoms with Gasteiger partial charge in [0.25, 0.3) is 0 Å². The topological polar surface area (TPSA) is 32.3 Å². The summed E-state index contributed by atoms with van der Waals surface area (Å²) in [6.45, 7) is 5.91. The molecule has 1 fully saturated rings. The minimum absolute atomic E-state index is 0.109. The first-order chi connectivity index (χ1) is 8.95. The molecule has 0 saturated carbocycles. The van der Waals surface area contributed by atoms with E-state index in [0.29, 0.717) is 27.6 Å². The van der Waals surface area contributed by atoms with Crippen LogP contribution in [0.15, 0.2) is 18.2 Å². The highest BCUT2D eigenvalue weighted by Crippen LogP contribution is 2.27. The number of nitrogens with zero attached hydrogens (tertiary/aromatic N) is 1. The molecule has 19 heavy (non-hydrogen) atoms. The zero-order chi connectivity index (χ0) is 14.0. The van der Waals surface area contributed by atoms with Gasteiger partial charge in [0.1, 0.15) is 0 Å². The summed E-state index contributed by atoms with van der Waals surface area (Å²) in [6.07, 6.45) is 1.17. The Labute approximate surface area is 123 Å². The van der Waals surface area contributed by atoms with Crippen molar-refractivity contribution in [3.05, 3.63) is 28.2 Å². The van der Waals surface area contributed by atoms with Gasteiger partial charge in [-0.2, -0.15) is 0 Å². The number of hydrogen-bond donors (Lipinski definition) is 1. The van der Waals surface area contributed by atoms with Gasteiger partial charge in [0.2, 0.25) is 0 Å². The molecule has 2 amide bonds. The van der Waals surface area contributed by atoms with Gasteiger partial charge >= 0.3 is 6.03 Å². The molecule has 1 saturated heterocycles. The molecule has 1 aliphatic rings. The quantitative estimate of drug-likeness (QED) is 0.813. The summed E-state index contributed by atoms with van der Waals surface area (Å²) >= 11 is 12.0. The minimum atomic E-state index is -0.109. The van der Waals surface area contributed by atoms with E-state index >= 15 is 0 Å². The normalized spacial score (nSPS) is 23.3. The first-order valence-corrected chi connectivity index (χ1v) is 7.22. The Morgan fingerprint density at radius 3 is 2.53 bits per heavy atom. The number of carbonyl (C=O) groups excluding carboxylic acids is 1. The Morgan fingerprint density at radius 2 is 1.89 bits per heavy atom. The van der Waals surface area contributed by atoms with Crippen LogP contribution in [0.1, 0.15) is 20.3 Å². The highest BCUT2D eigenvalue weighted by Gasteiger charge is 2.25. The number of hydrogen-bond acceptors (Lipinski definition) is 1. The third kappa shape index (κ3) is 3.77. The van der Waals surface area contributed by atoms with Crippen LogP contribution >= 0.6 is 23.2 Å². The molecular weight excluding hydrogens is 283 g/mol. The summed E-state index contributed by atoms with van der Waals surface area (Å²) in [5.74, 6) is 1.06. The van der Waals surface area contributed by atoms with E-state index in [9.17, 15) is 4.79 Å². The van der Waals surface area contributed by atoms with Crippen molar-refractivity contribution in [1.29, 1.82) is 0 Å². The molecule has 0 aromatic heterocycles. The summed E-state index contributed by atoms with van der Waals surface area (Å²) in [5, 5.41) is 3.88. The molecule has 5 heteroatoms. The molecule has 0 aliphatic carbocycles. The number of likely N-dealkylation sites (tertiary alicyclic amines) is 1. The van der Waals surface area contributed by atoms with E-state index in [1.807, 2.05) is 4.90 Å². The largest absolute Gasteiger partial charge is 0.324 e. The van der Waals surface area contributed by atoms with Gasteiger partial charge in [-0.25, -0.2) is 4.79 Å². The average Bonchev–Trinajstić information content (AvgIpc) is 2.32. The van der Waals surface area contributed by atoms with Crippen molar-refractivity contribution in [2.45, 2.75) is 20.3 Å². The van der Waals surface area contributed by atoms with E-state index in [1.54, 1.807) is 18.2 Å². The van der Waals surface area contributed by atoms with Gasteiger partial charge in [0.05, 0.1) is 10.7 Å². The zero-order valence-corrected chi connectivity index (χ0v) is 12.6. The van der Waals surface area contributed by atoms with Crippen molar-refractivity contribution < 1.29 is 4.79 Å². The zero-order valence-electron chi connectivity index (χ0n) is 11.1. The molecule has 1 heterocycles. The molecule has 0 bridgehead atoms. The molecule has 2 rings (SSSR count). The van der Waals surface area contributed by atoms with Gasteiger partial charge in [-0.05, 0) is 36.5 Å². The van der Waals surface area contributed by atoms with Crippen molar-refractivity contribution in [1.82, 2.24) is 4.90 Å². The molecular formula is C14H18Cl2N2O. The number of benzene rings is 1. The SMILES string of the molecule is CC1CC(C)CN(C(=O)Nc2cc(Cl)ccc2Cl)C1. The van der Waals surface area contributed by atoms with E-state index < -0.39 is 0 Å². The number of carbonyl (C=O) groups is 1. The second-order valence-electron chi connectivity index (χ2n) is 5.41. The lowest BCUT2D eigenvalue weighted by Gasteiger charge is -2.35. The van der Waals surface area contributed by atoms with E-state index in [4.69, 9.17) is 23.2 Å². The summed E-state index contributed by atoms with van der Waals surface area (Å²) < 4.78 is 0. The Bertz CT molecular complexity index is 469. The van der Waals surface area contributed by atoms with Crippen LogP contribution in [0.5, 0.6) is 0 Å². The first kappa shape index (κ1) is 14.5. The Hall–Kier alpha value is -0.930. The third-order valence-electron chi connectivity index (χ3n) is 3.33. The van der Waals surface area contributed by atoms with Crippen LogP contribution < -0.4 is 5.32 Å². The smallest absolute Gasteiger partial charge is 0.321 e. The maximum absolute atomic E-state index is 12.2. The molecule has 2 unspecified atom stereocenters. The van der Waals surface area contributed by atoms with Crippen LogP contribution in [0.25, 0.3) is 0 Å². The maximum Gasteiger partial charge on any atom is 0.321 e. The lowest BCUT2D eigenvalue weighted by molar-refractivity contribution is 0.156. The number of halogens is 2. The minimum Gasteiger partial charge on any atom is -0.324 e. The van der Waals surface area contributed by atoms with Gasteiger partial charge in [-0.15, -0.1) is 0 Å². The van der Waals surface area contributed by atoms with Crippen LogP contribution in [-0.2, 0) is 0 Å². The predicted octanol–water partition coefficient (Wildman–Crippen LogP) is 4.50.